The second kappa shape index (κ2) is 7.45. The van der Waals surface area contributed by atoms with Crippen molar-refractivity contribution in [2.24, 2.45) is 5.92 Å². The molecule has 1 aliphatic rings. The summed E-state index contributed by atoms with van der Waals surface area (Å²) in [5, 5.41) is 14.7. The molecule has 1 N–H and O–H groups in total. The van der Waals surface area contributed by atoms with Crippen LogP contribution in [0.3, 0.4) is 0 Å². The number of hydrogen-bond donors (Lipinski definition) is 1. The number of piperidine rings is 1. The minimum Gasteiger partial charge on any atom is -0.388 e. The van der Waals surface area contributed by atoms with E-state index in [0.29, 0.717) is 11.8 Å². The molecule has 130 valence electrons. The molecule has 0 radical (unpaired) electrons. The van der Waals surface area contributed by atoms with Gasteiger partial charge in [0.15, 0.2) is 5.82 Å². The number of aliphatic hydroxyl groups is 1. The predicted molar refractivity (Wildman–Crippen MR) is 92.5 cm³/mol. The van der Waals surface area contributed by atoms with Crippen LogP contribution in [0.15, 0.2) is 34.9 Å². The van der Waals surface area contributed by atoms with Crippen LogP contribution in [0.2, 0.25) is 0 Å². The van der Waals surface area contributed by atoms with E-state index >= 15 is 0 Å². The minimum absolute atomic E-state index is 0.125. The Balaban J connectivity index is 1.58. The zero-order valence-electron chi connectivity index (χ0n) is 14.7. The number of benzene rings is 1. The number of aliphatic hydroxyl groups excluding tert-OH is 1. The van der Waals surface area contributed by atoms with Crippen molar-refractivity contribution in [3.63, 3.8) is 0 Å². The molecule has 0 saturated carbocycles. The highest BCUT2D eigenvalue weighted by Gasteiger charge is 2.30. The lowest BCUT2D eigenvalue weighted by atomic mass is 9.87. The van der Waals surface area contributed by atoms with Crippen LogP contribution >= 0.6 is 0 Å². The molecule has 0 unspecified atom stereocenters. The van der Waals surface area contributed by atoms with Crippen LogP contribution in [0.5, 0.6) is 0 Å². The molecule has 0 aliphatic carbocycles. The average molecular weight is 329 g/mol. The predicted octanol–water partition coefficient (Wildman–Crippen LogP) is 3.70. The lowest BCUT2D eigenvalue weighted by Crippen LogP contribution is -2.37. The molecule has 0 bridgehead atoms. The van der Waals surface area contributed by atoms with E-state index in [1.54, 1.807) is 0 Å². The van der Waals surface area contributed by atoms with E-state index in [9.17, 15) is 5.11 Å². The van der Waals surface area contributed by atoms with Gasteiger partial charge in [0, 0.05) is 5.92 Å². The Morgan fingerprint density at radius 1 is 1.12 bits per heavy atom. The van der Waals surface area contributed by atoms with Gasteiger partial charge in [-0.15, -0.1) is 0 Å². The number of hydrogen-bond acceptors (Lipinski definition) is 5. The van der Waals surface area contributed by atoms with Gasteiger partial charge in [-0.1, -0.05) is 49.3 Å². The third kappa shape index (κ3) is 3.68. The minimum atomic E-state index is -0.375. The standard InChI is InChI=1S/C19H27N3O2/c1-13(2)18-20-19(24-21-18)14(3)22-11-9-16(10-12-22)17(23)15-7-5-4-6-8-15/h4-8,13-14,16-17,23H,9-12H2,1-3H3/t14-,17+/m0/s1. The van der Waals surface area contributed by atoms with Crippen LogP contribution in [-0.2, 0) is 0 Å². The van der Waals surface area contributed by atoms with Crippen LogP contribution in [0.1, 0.15) is 69.0 Å². The second-order valence-electron chi connectivity index (χ2n) is 7.05. The Kier molecular flexibility index (Phi) is 5.31. The van der Waals surface area contributed by atoms with Gasteiger partial charge in [0.25, 0.3) is 0 Å². The summed E-state index contributed by atoms with van der Waals surface area (Å²) in [7, 11) is 0. The van der Waals surface area contributed by atoms with E-state index in [4.69, 9.17) is 4.52 Å². The summed E-state index contributed by atoms with van der Waals surface area (Å²) < 4.78 is 5.43. The fourth-order valence-electron chi connectivity index (χ4n) is 3.35. The number of aromatic nitrogens is 2. The first-order chi connectivity index (χ1) is 11.6. The Bertz CT molecular complexity index is 633. The molecule has 2 atom stereocenters. The molecule has 1 aromatic carbocycles. The van der Waals surface area contributed by atoms with Crippen molar-refractivity contribution in [2.75, 3.05) is 13.1 Å². The maximum atomic E-state index is 10.6. The van der Waals surface area contributed by atoms with Gasteiger partial charge in [0.2, 0.25) is 5.89 Å². The third-order valence-corrected chi connectivity index (χ3v) is 5.04. The molecular weight excluding hydrogens is 302 g/mol. The Morgan fingerprint density at radius 3 is 2.38 bits per heavy atom. The third-order valence-electron chi connectivity index (χ3n) is 5.04. The summed E-state index contributed by atoms with van der Waals surface area (Å²) in [4.78, 5) is 6.88. The lowest BCUT2D eigenvalue weighted by molar-refractivity contribution is 0.0420. The van der Waals surface area contributed by atoms with Gasteiger partial charge in [-0.2, -0.15) is 4.98 Å². The number of rotatable bonds is 5. The van der Waals surface area contributed by atoms with Gasteiger partial charge in [-0.25, -0.2) is 0 Å². The quantitative estimate of drug-likeness (QED) is 0.906. The van der Waals surface area contributed by atoms with Gasteiger partial charge in [-0.05, 0) is 44.3 Å². The van der Waals surface area contributed by atoms with Crippen molar-refractivity contribution in [2.45, 2.75) is 51.7 Å². The summed E-state index contributed by atoms with van der Waals surface area (Å²) in [6.45, 7) is 8.13. The van der Waals surface area contributed by atoms with E-state index in [1.807, 2.05) is 30.3 Å². The van der Waals surface area contributed by atoms with Crippen molar-refractivity contribution < 1.29 is 9.63 Å². The van der Waals surface area contributed by atoms with E-state index in [0.717, 1.165) is 37.3 Å². The average Bonchev–Trinajstić information content (AvgIpc) is 3.12. The van der Waals surface area contributed by atoms with Crippen LogP contribution in [0.4, 0.5) is 0 Å². The molecule has 2 aromatic rings. The van der Waals surface area contributed by atoms with Crippen LogP contribution < -0.4 is 0 Å². The first-order valence-corrected chi connectivity index (χ1v) is 8.86. The molecule has 1 saturated heterocycles. The van der Waals surface area contributed by atoms with Crippen LogP contribution in [0, 0.1) is 5.92 Å². The molecule has 5 heteroatoms. The van der Waals surface area contributed by atoms with Gasteiger partial charge in [-0.3, -0.25) is 4.90 Å². The maximum Gasteiger partial charge on any atom is 0.243 e. The molecule has 24 heavy (non-hydrogen) atoms. The molecule has 0 spiro atoms. The zero-order chi connectivity index (χ0) is 17.1. The van der Waals surface area contributed by atoms with Gasteiger partial charge < -0.3 is 9.63 Å². The normalized spacial score (nSPS) is 19.5. The van der Waals surface area contributed by atoms with Gasteiger partial charge in [0.05, 0.1) is 12.1 Å². The second-order valence-corrected chi connectivity index (χ2v) is 7.05. The Labute approximate surface area is 143 Å². The van der Waals surface area contributed by atoms with Gasteiger partial charge in [0.1, 0.15) is 0 Å². The summed E-state index contributed by atoms with van der Waals surface area (Å²) in [5.74, 6) is 2.05. The van der Waals surface area contributed by atoms with Crippen molar-refractivity contribution in [1.82, 2.24) is 15.0 Å². The molecule has 1 aromatic heterocycles. The first kappa shape index (κ1) is 17.1. The van der Waals surface area contributed by atoms with Gasteiger partial charge >= 0.3 is 0 Å². The molecule has 1 aliphatic heterocycles. The number of likely N-dealkylation sites (tertiary alicyclic amines) is 1. The fourth-order valence-corrected chi connectivity index (χ4v) is 3.35. The highest BCUT2D eigenvalue weighted by Crippen LogP contribution is 2.33. The monoisotopic (exact) mass is 329 g/mol. The van der Waals surface area contributed by atoms with Crippen molar-refractivity contribution >= 4 is 0 Å². The summed E-state index contributed by atoms with van der Waals surface area (Å²) in [6, 6.07) is 10.1. The smallest absolute Gasteiger partial charge is 0.243 e. The van der Waals surface area contributed by atoms with E-state index < -0.39 is 0 Å². The van der Waals surface area contributed by atoms with E-state index in [1.165, 1.54) is 0 Å². The maximum absolute atomic E-state index is 10.6. The largest absolute Gasteiger partial charge is 0.388 e. The number of nitrogens with zero attached hydrogens (tertiary/aromatic N) is 3. The summed E-state index contributed by atoms with van der Waals surface area (Å²) >= 11 is 0. The fraction of sp³-hybridized carbons (Fsp3) is 0.579. The van der Waals surface area contributed by atoms with Crippen molar-refractivity contribution in [3.05, 3.63) is 47.6 Å². The molecule has 2 heterocycles. The Hall–Kier alpha value is -1.72. The van der Waals surface area contributed by atoms with Crippen LogP contribution in [-0.4, -0.2) is 33.2 Å². The molecular formula is C19H27N3O2. The van der Waals surface area contributed by atoms with Crippen molar-refractivity contribution in [1.29, 1.82) is 0 Å². The SMILES string of the molecule is CC(C)c1noc([C@H](C)N2CCC([C@H](O)c3ccccc3)CC2)n1. The van der Waals surface area contributed by atoms with E-state index in [2.05, 4.69) is 35.8 Å². The highest BCUT2D eigenvalue weighted by molar-refractivity contribution is 5.18. The topological polar surface area (TPSA) is 62.4 Å². The van der Waals surface area contributed by atoms with Crippen molar-refractivity contribution in [3.8, 4) is 0 Å². The summed E-state index contributed by atoms with van der Waals surface area (Å²) in [5.41, 5.74) is 1.02. The molecule has 5 nitrogen and oxygen atoms in total. The molecule has 3 rings (SSSR count). The lowest BCUT2D eigenvalue weighted by Gasteiger charge is -2.36. The van der Waals surface area contributed by atoms with Crippen LogP contribution in [0.25, 0.3) is 0 Å². The molecule has 0 amide bonds. The van der Waals surface area contributed by atoms with E-state index in [-0.39, 0.29) is 18.1 Å². The Morgan fingerprint density at radius 2 is 1.79 bits per heavy atom. The highest BCUT2D eigenvalue weighted by atomic mass is 16.5. The molecule has 1 fully saturated rings. The first-order valence-electron chi connectivity index (χ1n) is 8.86. The summed E-state index contributed by atoms with van der Waals surface area (Å²) in [6.07, 6.45) is 1.58. The zero-order valence-corrected chi connectivity index (χ0v) is 14.7.